The summed E-state index contributed by atoms with van der Waals surface area (Å²) in [5, 5.41) is 0. The summed E-state index contributed by atoms with van der Waals surface area (Å²) in [4.78, 5) is 0. The first-order chi connectivity index (χ1) is 15.6. The molecule has 208 valence electrons. The predicted molar refractivity (Wildman–Crippen MR) is 189 cm³/mol. The minimum Gasteiger partial charge on any atom is -0.0776 e. The number of fused-ring (bicyclic) bond motifs is 2. The van der Waals surface area contributed by atoms with E-state index in [1.165, 1.54) is 36.8 Å². The second-order valence-electron chi connectivity index (χ2n) is 13.0. The van der Waals surface area contributed by atoms with Crippen molar-refractivity contribution in [2.45, 2.75) is 113 Å². The van der Waals surface area contributed by atoms with Crippen molar-refractivity contribution in [3.8, 4) is 0 Å². The average Bonchev–Trinajstić information content (AvgIpc) is 3.01. The summed E-state index contributed by atoms with van der Waals surface area (Å²) in [6, 6.07) is 8.91. The zero-order valence-corrected chi connectivity index (χ0v) is 30.5. The van der Waals surface area contributed by atoms with Crippen molar-refractivity contribution < 1.29 is 1.43 Å². The molecule has 4 rings (SSSR count). The topological polar surface area (TPSA) is 0 Å². The van der Waals surface area contributed by atoms with Crippen LogP contribution < -0.4 is 0 Å². The van der Waals surface area contributed by atoms with Crippen LogP contribution in [0, 0.1) is 34.5 Å². The van der Waals surface area contributed by atoms with Gasteiger partial charge < -0.3 is 0 Å². The second kappa shape index (κ2) is 14.8. The third-order valence-electron chi connectivity index (χ3n) is 10.4. The monoisotopic (exact) mass is 748 g/mol. The fraction of sp³-hybridized carbons (Fsp3) is 0.806. The highest BCUT2D eigenvalue weighted by Gasteiger charge is 2.57. The summed E-state index contributed by atoms with van der Waals surface area (Å²) < 4.78 is 0. The van der Waals surface area contributed by atoms with Crippen LogP contribution in [0.2, 0.25) is 0 Å². The van der Waals surface area contributed by atoms with Crippen molar-refractivity contribution in [2.24, 2.45) is 34.5 Å². The highest BCUT2D eigenvalue weighted by molar-refractivity contribution is 14.2. The number of rotatable bonds is 0. The zero-order chi connectivity index (χ0) is 26.5. The van der Waals surface area contributed by atoms with Gasteiger partial charge >= 0.3 is 0 Å². The second-order valence-corrected chi connectivity index (χ2v) is 20.2. The Kier molecular flexibility index (Phi) is 15.4. The summed E-state index contributed by atoms with van der Waals surface area (Å²) in [5.74, 6) is 3.58. The largest absolute Gasteiger partial charge is 0.0776 e. The highest BCUT2D eigenvalue weighted by Crippen LogP contribution is 2.64. The van der Waals surface area contributed by atoms with Gasteiger partial charge in [0, 0.05) is 1.43 Å². The van der Waals surface area contributed by atoms with Gasteiger partial charge in [0.15, 0.2) is 0 Å². The van der Waals surface area contributed by atoms with Crippen molar-refractivity contribution in [1.82, 2.24) is 0 Å². The molecule has 0 aromatic heterocycles. The molecule has 0 nitrogen and oxygen atoms in total. The molecule has 1 aromatic carbocycles. The molecule has 0 radical (unpaired) electrons. The molecule has 0 saturated heterocycles. The molecule has 0 amide bonds. The summed E-state index contributed by atoms with van der Waals surface area (Å²) in [7, 11) is 0. The molecule has 35 heavy (non-hydrogen) atoms. The number of hydrogen-bond donors (Lipinski definition) is 0. The number of benzene rings is 1. The van der Waals surface area contributed by atoms with Gasteiger partial charge in [-0.15, -0.1) is 0 Å². The molecule has 1 aromatic rings. The van der Waals surface area contributed by atoms with E-state index in [1.807, 2.05) is 0 Å². The molecule has 2 saturated carbocycles. The van der Waals surface area contributed by atoms with Gasteiger partial charge in [-0.2, -0.15) is 0 Å². The number of halogens is 2. The van der Waals surface area contributed by atoms with Crippen LogP contribution in [-0.2, 0) is 10.8 Å². The first-order valence-corrected chi connectivity index (χ1v) is 22.5. The third-order valence-corrected chi connectivity index (χ3v) is 10.4. The molecule has 4 unspecified atom stereocenters. The normalized spacial score (nSPS) is 29.0. The van der Waals surface area contributed by atoms with Crippen molar-refractivity contribution >= 4 is 56.5 Å². The van der Waals surface area contributed by atoms with Crippen LogP contribution in [0.1, 0.15) is 115 Å². The molecular formula is C31H60I2P2. The predicted octanol–water partition coefficient (Wildman–Crippen LogP) is 12.6. The van der Waals surface area contributed by atoms with Gasteiger partial charge in [0.05, 0.1) is 0 Å². The van der Waals surface area contributed by atoms with Crippen molar-refractivity contribution in [3.05, 3.63) is 35.4 Å². The maximum Gasteiger partial charge on any atom is 0 e. The fourth-order valence-electron chi connectivity index (χ4n) is 7.49. The highest BCUT2D eigenvalue weighted by atomic mass is 127. The molecule has 4 heteroatoms. The molecule has 0 aliphatic heterocycles. The van der Waals surface area contributed by atoms with Crippen molar-refractivity contribution in [1.29, 1.82) is 0 Å². The van der Waals surface area contributed by atoms with E-state index < -0.39 is 0 Å². The lowest BCUT2D eigenvalue weighted by molar-refractivity contribution is 0.136. The van der Waals surface area contributed by atoms with Gasteiger partial charge in [0.1, 0.15) is 0 Å². The van der Waals surface area contributed by atoms with Crippen LogP contribution in [0.15, 0.2) is 24.3 Å². The molecule has 0 N–H and O–H groups in total. The quantitative estimate of drug-likeness (QED) is 0.183. The summed E-state index contributed by atoms with van der Waals surface area (Å²) >= 11 is 4.63. The Labute approximate surface area is 252 Å². The third kappa shape index (κ3) is 7.81. The van der Waals surface area contributed by atoms with E-state index in [1.54, 1.807) is 0 Å². The van der Waals surface area contributed by atoms with Crippen LogP contribution in [-0.4, -0.2) is 13.3 Å². The Hall–Kier alpha value is 1.54. The first kappa shape index (κ1) is 36.5. The van der Waals surface area contributed by atoms with Crippen LogP contribution in [0.25, 0.3) is 0 Å². The lowest BCUT2D eigenvalue weighted by Crippen LogP contribution is -2.30. The van der Waals surface area contributed by atoms with E-state index in [-0.39, 0.29) is 8.85 Å². The van der Waals surface area contributed by atoms with E-state index in [0.29, 0.717) is 27.6 Å². The molecule has 2 fully saturated rings. The SMILES string of the molecule is C.CC1C(C)(C)C2CCCCC2C1(C)C.CC1C(C)(C)c2ccccc2C1(C)C.CPI.CPI.[HH]. The van der Waals surface area contributed by atoms with E-state index in [2.05, 4.69) is 151 Å². The first-order valence-electron chi connectivity index (χ1n) is 13.2. The molecule has 3 aliphatic carbocycles. The molecule has 0 bridgehead atoms. The summed E-state index contributed by atoms with van der Waals surface area (Å²) in [6.45, 7) is 28.6. The minimum atomic E-state index is 0. The zero-order valence-electron chi connectivity index (χ0n) is 24.2. The molecule has 3 aliphatic rings. The van der Waals surface area contributed by atoms with E-state index >= 15 is 0 Å². The van der Waals surface area contributed by atoms with Crippen molar-refractivity contribution in [3.63, 3.8) is 0 Å². The summed E-state index contributed by atoms with van der Waals surface area (Å²) in [5.41, 5.74) is 4.87. The molecular weight excluding hydrogens is 688 g/mol. The molecule has 0 heterocycles. The lowest BCUT2D eigenvalue weighted by Gasteiger charge is -2.36. The maximum atomic E-state index is 2.51. The Morgan fingerprint density at radius 3 is 1.26 bits per heavy atom. The maximum absolute atomic E-state index is 2.51. The van der Waals surface area contributed by atoms with Gasteiger partial charge in [-0.25, -0.2) is 0 Å². The van der Waals surface area contributed by atoms with Gasteiger partial charge in [-0.1, -0.05) is 170 Å². The standard InChI is InChI=1S/C14H26.C14H20.2CH4IP.CH4.H2/c2*1-10-13(2,3)11-8-6-7-9-12(11)14(10,4)5;2*1-3-2;;/h10-12H,6-9H2,1-5H3;6-10H,1-5H3;2*3H,1H3;1H4;1H. The van der Waals surface area contributed by atoms with Crippen LogP contribution in [0.5, 0.6) is 0 Å². The Morgan fingerprint density at radius 2 is 0.971 bits per heavy atom. The van der Waals surface area contributed by atoms with E-state index in [0.717, 1.165) is 30.2 Å². The van der Waals surface area contributed by atoms with Gasteiger partial charge in [-0.05, 0) is 82.6 Å². The smallest absolute Gasteiger partial charge is 0 e. The molecule has 0 spiro atoms. The molecule has 4 atom stereocenters. The average molecular weight is 749 g/mol. The minimum absolute atomic E-state index is 0. The van der Waals surface area contributed by atoms with Crippen LogP contribution >= 0.6 is 56.5 Å². The van der Waals surface area contributed by atoms with Crippen molar-refractivity contribution in [2.75, 3.05) is 13.3 Å². The van der Waals surface area contributed by atoms with Crippen LogP contribution in [0.4, 0.5) is 0 Å². The van der Waals surface area contributed by atoms with Gasteiger partial charge in [-0.3, -0.25) is 0 Å². The van der Waals surface area contributed by atoms with E-state index in [9.17, 15) is 0 Å². The number of hydrogen-bond acceptors (Lipinski definition) is 0. The van der Waals surface area contributed by atoms with Gasteiger partial charge in [0.25, 0.3) is 0 Å². The Bertz CT molecular complexity index is 700. The van der Waals surface area contributed by atoms with Gasteiger partial charge in [0.2, 0.25) is 0 Å². The summed E-state index contributed by atoms with van der Waals surface area (Å²) in [6.07, 6.45) is 8.05. The van der Waals surface area contributed by atoms with Crippen LogP contribution in [0.3, 0.4) is 0 Å². The Morgan fingerprint density at radius 1 is 0.686 bits per heavy atom. The Balaban J connectivity index is 0. The van der Waals surface area contributed by atoms with E-state index in [4.69, 9.17) is 0 Å². The lowest BCUT2D eigenvalue weighted by atomic mass is 9.69. The fourth-order valence-corrected chi connectivity index (χ4v) is 7.49.